The Morgan fingerprint density at radius 2 is 2.04 bits per heavy atom. The molecule has 0 atom stereocenters. The lowest BCUT2D eigenvalue weighted by atomic mass is 10.1. The van der Waals surface area contributed by atoms with Crippen LogP contribution < -0.4 is 5.32 Å². The minimum atomic E-state index is -4.55. The number of anilines is 1. The standard InChI is InChI=1S/C16H16F3N3O3/c1-2-7-22(10-14(23)20-13-6-8-25-21-13)15(24)11-4-3-5-12(9-11)16(17,18)19/h3-6,8-9H,2,7,10H2,1H3,(H,20,21,23). The summed E-state index contributed by atoms with van der Waals surface area (Å²) >= 11 is 0. The van der Waals surface area contributed by atoms with E-state index in [0.717, 1.165) is 18.2 Å². The van der Waals surface area contributed by atoms with Gasteiger partial charge in [-0.2, -0.15) is 13.2 Å². The number of rotatable bonds is 6. The Labute approximate surface area is 141 Å². The first-order valence-corrected chi connectivity index (χ1v) is 7.48. The predicted molar refractivity (Wildman–Crippen MR) is 82.8 cm³/mol. The third-order valence-electron chi connectivity index (χ3n) is 3.26. The van der Waals surface area contributed by atoms with E-state index in [1.165, 1.54) is 23.3 Å². The van der Waals surface area contributed by atoms with Gasteiger partial charge in [0, 0.05) is 18.2 Å². The summed E-state index contributed by atoms with van der Waals surface area (Å²) in [5, 5.41) is 5.95. The second-order valence-electron chi connectivity index (χ2n) is 5.24. The normalized spacial score (nSPS) is 11.2. The molecule has 25 heavy (non-hydrogen) atoms. The lowest BCUT2D eigenvalue weighted by Crippen LogP contribution is -2.38. The van der Waals surface area contributed by atoms with E-state index in [4.69, 9.17) is 0 Å². The minimum absolute atomic E-state index is 0.127. The zero-order valence-corrected chi connectivity index (χ0v) is 13.3. The summed E-state index contributed by atoms with van der Waals surface area (Å²) < 4.78 is 43.0. The number of hydrogen-bond donors (Lipinski definition) is 1. The number of aromatic nitrogens is 1. The number of hydrogen-bond acceptors (Lipinski definition) is 4. The van der Waals surface area contributed by atoms with Crippen molar-refractivity contribution in [2.24, 2.45) is 0 Å². The highest BCUT2D eigenvalue weighted by atomic mass is 19.4. The third-order valence-corrected chi connectivity index (χ3v) is 3.26. The van der Waals surface area contributed by atoms with Gasteiger partial charge in [-0.3, -0.25) is 9.59 Å². The summed E-state index contributed by atoms with van der Waals surface area (Å²) in [5.74, 6) is -0.987. The molecule has 2 rings (SSSR count). The van der Waals surface area contributed by atoms with Gasteiger partial charge < -0.3 is 14.7 Å². The molecule has 2 amide bonds. The maximum absolute atomic E-state index is 12.8. The Morgan fingerprint density at radius 1 is 1.28 bits per heavy atom. The highest BCUT2D eigenvalue weighted by molar-refractivity contribution is 5.99. The minimum Gasteiger partial charge on any atom is -0.363 e. The third kappa shape index (κ3) is 5.07. The van der Waals surface area contributed by atoms with Gasteiger partial charge >= 0.3 is 6.18 Å². The molecule has 1 aromatic heterocycles. The Hall–Kier alpha value is -2.84. The van der Waals surface area contributed by atoms with Crippen molar-refractivity contribution in [3.05, 3.63) is 47.7 Å². The number of nitrogens with zero attached hydrogens (tertiary/aromatic N) is 2. The van der Waals surface area contributed by atoms with Gasteiger partial charge in [0.15, 0.2) is 5.82 Å². The number of halogens is 3. The first kappa shape index (κ1) is 18.5. The van der Waals surface area contributed by atoms with Crippen LogP contribution in [0.5, 0.6) is 0 Å². The van der Waals surface area contributed by atoms with Crippen LogP contribution in [0.25, 0.3) is 0 Å². The van der Waals surface area contributed by atoms with E-state index in [1.54, 1.807) is 6.92 Å². The summed E-state index contributed by atoms with van der Waals surface area (Å²) in [7, 11) is 0. The average Bonchev–Trinajstić information content (AvgIpc) is 3.06. The van der Waals surface area contributed by atoms with Gasteiger partial charge in [0.05, 0.1) is 5.56 Å². The molecule has 134 valence electrons. The van der Waals surface area contributed by atoms with Gasteiger partial charge in [-0.25, -0.2) is 0 Å². The average molecular weight is 355 g/mol. The fourth-order valence-electron chi connectivity index (χ4n) is 2.17. The molecular formula is C16H16F3N3O3. The molecule has 0 aliphatic carbocycles. The van der Waals surface area contributed by atoms with E-state index in [0.29, 0.717) is 6.42 Å². The van der Waals surface area contributed by atoms with Gasteiger partial charge in [-0.15, -0.1) is 0 Å². The van der Waals surface area contributed by atoms with Crippen LogP contribution in [0.15, 0.2) is 41.1 Å². The number of carbonyl (C=O) groups excluding carboxylic acids is 2. The Kier molecular flexibility index (Phi) is 5.79. The summed E-state index contributed by atoms with van der Waals surface area (Å²) in [6.45, 7) is 1.71. The molecule has 1 aromatic carbocycles. The van der Waals surface area contributed by atoms with Crippen molar-refractivity contribution >= 4 is 17.6 Å². The van der Waals surface area contributed by atoms with Gasteiger partial charge in [-0.1, -0.05) is 18.1 Å². The first-order valence-electron chi connectivity index (χ1n) is 7.48. The topological polar surface area (TPSA) is 75.4 Å². The van der Waals surface area contributed by atoms with Crippen LogP contribution >= 0.6 is 0 Å². The number of carbonyl (C=O) groups is 2. The van der Waals surface area contributed by atoms with Crippen LogP contribution in [-0.4, -0.2) is 35.0 Å². The molecule has 9 heteroatoms. The molecule has 0 saturated carbocycles. The lowest BCUT2D eigenvalue weighted by Gasteiger charge is -2.21. The highest BCUT2D eigenvalue weighted by Gasteiger charge is 2.31. The SMILES string of the molecule is CCCN(CC(=O)Nc1ccon1)C(=O)c1cccc(C(F)(F)F)c1. The van der Waals surface area contributed by atoms with Crippen molar-refractivity contribution in [1.29, 1.82) is 0 Å². The molecule has 0 bridgehead atoms. The van der Waals surface area contributed by atoms with E-state index in [9.17, 15) is 22.8 Å². The molecule has 0 aliphatic heterocycles. The number of amides is 2. The number of benzene rings is 1. The molecule has 0 unspecified atom stereocenters. The molecule has 0 radical (unpaired) electrons. The quantitative estimate of drug-likeness (QED) is 0.864. The zero-order valence-electron chi connectivity index (χ0n) is 13.3. The summed E-state index contributed by atoms with van der Waals surface area (Å²) in [4.78, 5) is 25.7. The molecule has 0 saturated heterocycles. The maximum Gasteiger partial charge on any atom is 0.416 e. The maximum atomic E-state index is 12.8. The summed E-state index contributed by atoms with van der Waals surface area (Å²) in [6, 6.07) is 5.54. The fraction of sp³-hybridized carbons (Fsp3) is 0.312. The molecule has 6 nitrogen and oxygen atoms in total. The van der Waals surface area contributed by atoms with Crippen molar-refractivity contribution < 1.29 is 27.3 Å². The van der Waals surface area contributed by atoms with Crippen molar-refractivity contribution in [3.8, 4) is 0 Å². The molecule has 0 fully saturated rings. The lowest BCUT2D eigenvalue weighted by molar-refractivity contribution is -0.137. The Bertz CT molecular complexity index is 730. The second-order valence-corrected chi connectivity index (χ2v) is 5.24. The van der Waals surface area contributed by atoms with Gasteiger partial charge in [0.1, 0.15) is 12.8 Å². The van der Waals surface area contributed by atoms with Crippen molar-refractivity contribution in [2.75, 3.05) is 18.4 Å². The molecule has 0 spiro atoms. The van der Waals surface area contributed by atoms with E-state index in [1.807, 2.05) is 0 Å². The van der Waals surface area contributed by atoms with Crippen LogP contribution in [0.4, 0.5) is 19.0 Å². The first-order chi connectivity index (χ1) is 11.8. The summed E-state index contributed by atoms with van der Waals surface area (Å²) in [5.41, 5.74) is -1.04. The monoisotopic (exact) mass is 355 g/mol. The Morgan fingerprint density at radius 3 is 2.64 bits per heavy atom. The van der Waals surface area contributed by atoms with Crippen LogP contribution in [0.1, 0.15) is 29.3 Å². The molecule has 1 N–H and O–H groups in total. The molecule has 2 aromatic rings. The summed E-state index contributed by atoms with van der Waals surface area (Å²) in [6.07, 6.45) is -2.73. The molecular weight excluding hydrogens is 339 g/mol. The molecule has 0 aliphatic rings. The second kappa shape index (κ2) is 7.82. The van der Waals surface area contributed by atoms with E-state index < -0.39 is 23.6 Å². The number of nitrogens with one attached hydrogen (secondary N) is 1. The highest BCUT2D eigenvalue weighted by Crippen LogP contribution is 2.29. The fourth-order valence-corrected chi connectivity index (χ4v) is 2.17. The van der Waals surface area contributed by atoms with Crippen LogP contribution in [0.3, 0.4) is 0 Å². The van der Waals surface area contributed by atoms with Gasteiger partial charge in [0.2, 0.25) is 5.91 Å². The largest absolute Gasteiger partial charge is 0.416 e. The van der Waals surface area contributed by atoms with Crippen LogP contribution in [-0.2, 0) is 11.0 Å². The predicted octanol–water partition coefficient (Wildman–Crippen LogP) is 3.18. The van der Waals surface area contributed by atoms with Crippen LogP contribution in [0, 0.1) is 0 Å². The van der Waals surface area contributed by atoms with E-state index >= 15 is 0 Å². The van der Waals surface area contributed by atoms with Crippen molar-refractivity contribution in [2.45, 2.75) is 19.5 Å². The van der Waals surface area contributed by atoms with Gasteiger partial charge in [-0.05, 0) is 24.6 Å². The van der Waals surface area contributed by atoms with Gasteiger partial charge in [0.25, 0.3) is 5.91 Å². The molecule has 1 heterocycles. The van der Waals surface area contributed by atoms with E-state index in [2.05, 4.69) is 15.0 Å². The smallest absolute Gasteiger partial charge is 0.363 e. The zero-order chi connectivity index (χ0) is 18.4. The van der Waals surface area contributed by atoms with Crippen molar-refractivity contribution in [3.63, 3.8) is 0 Å². The van der Waals surface area contributed by atoms with Crippen LogP contribution in [0.2, 0.25) is 0 Å². The number of alkyl halides is 3. The van der Waals surface area contributed by atoms with E-state index in [-0.39, 0.29) is 24.5 Å². The van der Waals surface area contributed by atoms with Crippen molar-refractivity contribution in [1.82, 2.24) is 10.1 Å². The Balaban J connectivity index is 2.13.